The summed E-state index contributed by atoms with van der Waals surface area (Å²) in [6.45, 7) is 9.45. The molecule has 1 aromatic rings. The van der Waals surface area contributed by atoms with Crippen molar-refractivity contribution in [3.63, 3.8) is 0 Å². The number of benzene rings is 1. The molecular weight excluding hydrogens is 326 g/mol. The van der Waals surface area contributed by atoms with Crippen LogP contribution in [0.4, 0.5) is 0 Å². The summed E-state index contributed by atoms with van der Waals surface area (Å²) in [6, 6.07) is 4.81. The average Bonchev–Trinajstić information content (AvgIpc) is 3.00. The molecule has 0 atom stereocenters. The first-order valence-electron chi connectivity index (χ1n) is 8.70. The Kier molecular flexibility index (Phi) is 6.15. The van der Waals surface area contributed by atoms with Crippen LogP contribution in [0.3, 0.4) is 0 Å². The Morgan fingerprint density at radius 1 is 1.12 bits per heavy atom. The van der Waals surface area contributed by atoms with Gasteiger partial charge in [-0.1, -0.05) is 47.0 Å². The highest BCUT2D eigenvalue weighted by molar-refractivity contribution is 7.89. The van der Waals surface area contributed by atoms with Crippen molar-refractivity contribution in [1.82, 2.24) is 4.31 Å². The summed E-state index contributed by atoms with van der Waals surface area (Å²) in [4.78, 5) is 0.262. The molecule has 0 amide bonds. The van der Waals surface area contributed by atoms with Crippen LogP contribution in [0.1, 0.15) is 53.4 Å². The number of hydrogen-bond donors (Lipinski definition) is 0. The molecule has 0 radical (unpaired) electrons. The van der Waals surface area contributed by atoms with Crippen molar-refractivity contribution in [1.29, 1.82) is 0 Å². The van der Waals surface area contributed by atoms with E-state index in [0.717, 1.165) is 12.8 Å². The Bertz CT molecular complexity index is 655. The van der Waals surface area contributed by atoms with Gasteiger partial charge in [-0.3, -0.25) is 0 Å². The molecule has 1 aliphatic rings. The molecule has 0 fully saturated rings. The minimum Gasteiger partial charge on any atom is -0.454 e. The van der Waals surface area contributed by atoms with Crippen LogP contribution in [0.2, 0.25) is 0 Å². The third-order valence-electron chi connectivity index (χ3n) is 4.40. The third kappa shape index (κ3) is 4.42. The van der Waals surface area contributed by atoms with Crippen molar-refractivity contribution in [2.75, 3.05) is 19.9 Å². The Balaban J connectivity index is 2.16. The first kappa shape index (κ1) is 19.1. The topological polar surface area (TPSA) is 55.8 Å². The maximum Gasteiger partial charge on any atom is 0.243 e. The van der Waals surface area contributed by atoms with Gasteiger partial charge in [-0.2, -0.15) is 4.31 Å². The lowest BCUT2D eigenvalue weighted by molar-refractivity contribution is 0.174. The van der Waals surface area contributed by atoms with Gasteiger partial charge in [0, 0.05) is 19.2 Å². The fourth-order valence-corrected chi connectivity index (χ4v) is 4.62. The van der Waals surface area contributed by atoms with Crippen LogP contribution in [0.15, 0.2) is 23.1 Å². The largest absolute Gasteiger partial charge is 0.454 e. The van der Waals surface area contributed by atoms with E-state index >= 15 is 0 Å². The monoisotopic (exact) mass is 355 g/mol. The van der Waals surface area contributed by atoms with Crippen LogP contribution in [-0.4, -0.2) is 32.6 Å². The van der Waals surface area contributed by atoms with E-state index in [4.69, 9.17) is 9.47 Å². The Morgan fingerprint density at radius 2 is 1.83 bits per heavy atom. The van der Waals surface area contributed by atoms with Crippen LogP contribution >= 0.6 is 0 Å². The maximum absolute atomic E-state index is 13.0. The van der Waals surface area contributed by atoms with Gasteiger partial charge in [0.25, 0.3) is 0 Å². The molecule has 2 rings (SSSR count). The highest BCUT2D eigenvalue weighted by Crippen LogP contribution is 2.35. The smallest absolute Gasteiger partial charge is 0.243 e. The molecule has 0 unspecified atom stereocenters. The van der Waals surface area contributed by atoms with Gasteiger partial charge in [-0.15, -0.1) is 0 Å². The van der Waals surface area contributed by atoms with Crippen LogP contribution in [0.5, 0.6) is 11.5 Å². The molecule has 136 valence electrons. The van der Waals surface area contributed by atoms with Gasteiger partial charge >= 0.3 is 0 Å². The van der Waals surface area contributed by atoms with Gasteiger partial charge in [-0.25, -0.2) is 8.42 Å². The van der Waals surface area contributed by atoms with Crippen LogP contribution < -0.4 is 9.47 Å². The summed E-state index contributed by atoms with van der Waals surface area (Å²) in [5.41, 5.74) is -0.0470. The van der Waals surface area contributed by atoms with Gasteiger partial charge in [0.05, 0.1) is 4.90 Å². The third-order valence-corrected chi connectivity index (χ3v) is 6.31. The summed E-state index contributed by atoms with van der Waals surface area (Å²) < 4.78 is 38.1. The van der Waals surface area contributed by atoms with E-state index < -0.39 is 10.0 Å². The SMILES string of the molecule is CCCCCC(C)(C)CN(CC)S(=O)(=O)c1ccc2c(c1)OCO2. The lowest BCUT2D eigenvalue weighted by Gasteiger charge is -2.31. The molecule has 6 heteroatoms. The van der Waals surface area contributed by atoms with Gasteiger partial charge in [0.15, 0.2) is 11.5 Å². The number of nitrogens with zero attached hydrogens (tertiary/aromatic N) is 1. The molecule has 1 aromatic carbocycles. The molecule has 1 heterocycles. The molecular formula is C18H29NO4S. The summed E-state index contributed by atoms with van der Waals surface area (Å²) in [7, 11) is -3.54. The van der Waals surface area contributed by atoms with Gasteiger partial charge < -0.3 is 9.47 Å². The Labute approximate surface area is 146 Å². The first-order valence-corrected chi connectivity index (χ1v) is 10.1. The standard InChI is InChI=1S/C18H29NO4S/c1-5-7-8-11-18(3,4)13-19(6-2)24(20,21)15-9-10-16-17(12-15)23-14-22-16/h9-10,12H,5-8,11,13-14H2,1-4H3. The predicted octanol–water partition coefficient (Wildman–Crippen LogP) is 4.03. The summed E-state index contributed by atoms with van der Waals surface area (Å²) >= 11 is 0. The predicted molar refractivity (Wildman–Crippen MR) is 94.9 cm³/mol. The average molecular weight is 356 g/mol. The highest BCUT2D eigenvalue weighted by atomic mass is 32.2. The van der Waals surface area contributed by atoms with E-state index in [-0.39, 0.29) is 17.1 Å². The molecule has 0 aliphatic carbocycles. The maximum atomic E-state index is 13.0. The van der Waals surface area contributed by atoms with Crippen LogP contribution in [0, 0.1) is 5.41 Å². The van der Waals surface area contributed by atoms with Gasteiger partial charge in [0.2, 0.25) is 16.8 Å². The second-order valence-electron chi connectivity index (χ2n) is 7.07. The molecule has 0 saturated heterocycles. The van der Waals surface area contributed by atoms with E-state index in [1.807, 2.05) is 6.92 Å². The zero-order chi connectivity index (χ0) is 17.8. The zero-order valence-corrected chi connectivity index (χ0v) is 16.0. The second kappa shape index (κ2) is 7.74. The summed E-state index contributed by atoms with van der Waals surface area (Å²) in [5.74, 6) is 1.09. The highest BCUT2D eigenvalue weighted by Gasteiger charge is 2.30. The molecule has 5 nitrogen and oxygen atoms in total. The lowest BCUT2D eigenvalue weighted by atomic mass is 9.87. The Morgan fingerprint density at radius 3 is 2.50 bits per heavy atom. The fourth-order valence-electron chi connectivity index (χ4n) is 2.96. The molecule has 0 spiro atoms. The number of hydrogen-bond acceptors (Lipinski definition) is 4. The molecule has 1 aliphatic heterocycles. The van der Waals surface area contributed by atoms with E-state index in [1.54, 1.807) is 22.5 Å². The van der Waals surface area contributed by atoms with Crippen molar-refractivity contribution in [3.05, 3.63) is 18.2 Å². The molecule has 24 heavy (non-hydrogen) atoms. The van der Waals surface area contributed by atoms with Crippen LogP contribution in [0.25, 0.3) is 0 Å². The fraction of sp³-hybridized carbons (Fsp3) is 0.667. The van der Waals surface area contributed by atoms with Crippen molar-refractivity contribution in [2.24, 2.45) is 5.41 Å². The molecule has 0 saturated carbocycles. The molecule has 0 N–H and O–H groups in total. The summed E-state index contributed by atoms with van der Waals surface area (Å²) in [5, 5.41) is 0. The molecule has 0 bridgehead atoms. The number of fused-ring (bicyclic) bond motifs is 1. The quantitative estimate of drug-likeness (QED) is 0.628. The number of rotatable bonds is 9. The van der Waals surface area contributed by atoms with Crippen molar-refractivity contribution in [3.8, 4) is 11.5 Å². The normalized spacial score (nSPS) is 14.4. The first-order chi connectivity index (χ1) is 11.3. The lowest BCUT2D eigenvalue weighted by Crippen LogP contribution is -2.38. The van der Waals surface area contributed by atoms with E-state index in [0.29, 0.717) is 24.6 Å². The Hall–Kier alpha value is -1.27. The van der Waals surface area contributed by atoms with E-state index in [1.165, 1.54) is 12.8 Å². The van der Waals surface area contributed by atoms with Crippen molar-refractivity contribution < 1.29 is 17.9 Å². The summed E-state index contributed by atoms with van der Waals surface area (Å²) in [6.07, 6.45) is 4.51. The van der Waals surface area contributed by atoms with Crippen LogP contribution in [-0.2, 0) is 10.0 Å². The van der Waals surface area contributed by atoms with Gasteiger partial charge in [0.1, 0.15) is 0 Å². The van der Waals surface area contributed by atoms with E-state index in [2.05, 4.69) is 20.8 Å². The van der Waals surface area contributed by atoms with Gasteiger partial charge in [-0.05, 0) is 24.0 Å². The number of ether oxygens (including phenoxy) is 2. The second-order valence-corrected chi connectivity index (χ2v) is 9.01. The minimum atomic E-state index is -3.54. The zero-order valence-electron chi connectivity index (χ0n) is 15.2. The van der Waals surface area contributed by atoms with Crippen molar-refractivity contribution in [2.45, 2.75) is 58.3 Å². The molecule has 0 aromatic heterocycles. The number of unbranched alkanes of at least 4 members (excludes halogenated alkanes) is 2. The van der Waals surface area contributed by atoms with Crippen molar-refractivity contribution >= 4 is 10.0 Å². The van der Waals surface area contributed by atoms with E-state index in [9.17, 15) is 8.42 Å². The minimum absolute atomic E-state index is 0.0470. The number of sulfonamides is 1.